The van der Waals surface area contributed by atoms with Crippen LogP contribution in [0, 0.1) is 0 Å². The average Bonchev–Trinajstić information content (AvgIpc) is 2.54. The molecule has 1 aliphatic heterocycles. The number of ether oxygens (including phenoxy) is 1. The topological polar surface area (TPSA) is 32.8 Å². The van der Waals surface area contributed by atoms with Gasteiger partial charge in [0, 0.05) is 6.42 Å². The van der Waals surface area contributed by atoms with E-state index in [-0.39, 0.29) is 6.10 Å². The molecule has 2 fully saturated rings. The van der Waals surface area contributed by atoms with Crippen LogP contribution in [0.4, 0.5) is 0 Å². The van der Waals surface area contributed by atoms with Crippen molar-refractivity contribution in [1.29, 1.82) is 0 Å². The highest BCUT2D eigenvalue weighted by molar-refractivity contribution is 4.88. The number of hydrogen-bond acceptors (Lipinski definition) is 2. The molecule has 3 atom stereocenters. The third kappa shape index (κ3) is 1.32. The number of epoxide rings is 1. The van der Waals surface area contributed by atoms with Gasteiger partial charge in [-0.3, -0.25) is 0 Å². The molecule has 0 aromatic heterocycles. The molecule has 1 aliphatic carbocycles. The number of hydrogen-bond donors (Lipinski definition) is 1. The van der Waals surface area contributed by atoms with E-state index in [0.29, 0.717) is 12.2 Å². The Hall–Kier alpha value is -0.0800. The largest absolute Gasteiger partial charge is 0.393 e. The molecule has 0 radical (unpaired) electrons. The lowest BCUT2D eigenvalue weighted by Gasteiger charge is -2.10. The number of fused-ring (bicyclic) bond motifs is 1. The fraction of sp³-hybridized carbons (Fsp3) is 1.00. The van der Waals surface area contributed by atoms with Crippen LogP contribution in [-0.2, 0) is 4.74 Å². The van der Waals surface area contributed by atoms with Gasteiger partial charge in [0.05, 0.1) is 18.3 Å². The average molecular weight is 142 g/mol. The molecule has 1 saturated carbocycles. The zero-order valence-corrected chi connectivity index (χ0v) is 6.12. The van der Waals surface area contributed by atoms with E-state index in [0.717, 1.165) is 12.8 Å². The second kappa shape index (κ2) is 2.51. The first kappa shape index (κ1) is 6.62. The molecular formula is C8H14O2. The Kier molecular flexibility index (Phi) is 1.66. The van der Waals surface area contributed by atoms with Crippen LogP contribution in [-0.4, -0.2) is 23.4 Å². The van der Waals surface area contributed by atoms with Crippen molar-refractivity contribution in [3.8, 4) is 0 Å². The maximum atomic E-state index is 9.33. The minimum Gasteiger partial charge on any atom is -0.393 e. The van der Waals surface area contributed by atoms with E-state index in [1.165, 1.54) is 19.3 Å². The van der Waals surface area contributed by atoms with Crippen molar-refractivity contribution < 1.29 is 9.84 Å². The Balaban J connectivity index is 1.85. The number of aliphatic hydroxyl groups is 1. The summed E-state index contributed by atoms with van der Waals surface area (Å²) in [7, 11) is 0. The third-order valence-corrected chi connectivity index (χ3v) is 2.47. The SMILES string of the molecule is O[C@H]1CCCC[C@@H]2O[C@@H]2C1. The van der Waals surface area contributed by atoms with Gasteiger partial charge in [0.25, 0.3) is 0 Å². The maximum Gasteiger partial charge on any atom is 0.0866 e. The first-order chi connectivity index (χ1) is 4.86. The highest BCUT2D eigenvalue weighted by atomic mass is 16.6. The number of aliphatic hydroxyl groups excluding tert-OH is 1. The van der Waals surface area contributed by atoms with Gasteiger partial charge >= 0.3 is 0 Å². The predicted octanol–water partition coefficient (Wildman–Crippen LogP) is 1.08. The normalized spacial score (nSPS) is 47.1. The summed E-state index contributed by atoms with van der Waals surface area (Å²) in [4.78, 5) is 0. The van der Waals surface area contributed by atoms with Crippen LogP contribution in [0.2, 0.25) is 0 Å². The highest BCUT2D eigenvalue weighted by Gasteiger charge is 2.40. The van der Waals surface area contributed by atoms with Gasteiger partial charge < -0.3 is 9.84 Å². The summed E-state index contributed by atoms with van der Waals surface area (Å²) in [5.41, 5.74) is 0. The molecule has 58 valence electrons. The highest BCUT2D eigenvalue weighted by Crippen LogP contribution is 2.33. The van der Waals surface area contributed by atoms with E-state index in [1.807, 2.05) is 0 Å². The molecule has 2 heteroatoms. The zero-order chi connectivity index (χ0) is 6.97. The van der Waals surface area contributed by atoms with Crippen LogP contribution in [0.3, 0.4) is 0 Å². The van der Waals surface area contributed by atoms with Crippen molar-refractivity contribution in [2.24, 2.45) is 0 Å². The summed E-state index contributed by atoms with van der Waals surface area (Å²) in [5.74, 6) is 0. The van der Waals surface area contributed by atoms with E-state index >= 15 is 0 Å². The molecule has 2 rings (SSSR count). The first-order valence-corrected chi connectivity index (χ1v) is 4.20. The van der Waals surface area contributed by atoms with Crippen LogP contribution in [0.25, 0.3) is 0 Å². The fourth-order valence-electron chi connectivity index (χ4n) is 1.75. The molecule has 1 saturated heterocycles. The van der Waals surface area contributed by atoms with Gasteiger partial charge in [0.1, 0.15) is 0 Å². The van der Waals surface area contributed by atoms with E-state index in [9.17, 15) is 5.11 Å². The van der Waals surface area contributed by atoms with Gasteiger partial charge in [0.2, 0.25) is 0 Å². The smallest absolute Gasteiger partial charge is 0.0866 e. The maximum absolute atomic E-state index is 9.33. The summed E-state index contributed by atoms with van der Waals surface area (Å²) in [6, 6.07) is 0. The lowest BCUT2D eigenvalue weighted by Crippen LogP contribution is -2.13. The molecule has 2 nitrogen and oxygen atoms in total. The summed E-state index contributed by atoms with van der Waals surface area (Å²) in [6.45, 7) is 0. The molecule has 1 heterocycles. The second-order valence-corrected chi connectivity index (χ2v) is 3.39. The Morgan fingerprint density at radius 2 is 1.90 bits per heavy atom. The molecular weight excluding hydrogens is 128 g/mol. The van der Waals surface area contributed by atoms with Crippen LogP contribution < -0.4 is 0 Å². The van der Waals surface area contributed by atoms with Crippen LogP contribution in [0.5, 0.6) is 0 Å². The van der Waals surface area contributed by atoms with Crippen molar-refractivity contribution in [2.45, 2.75) is 50.4 Å². The first-order valence-electron chi connectivity index (χ1n) is 4.20. The van der Waals surface area contributed by atoms with Gasteiger partial charge in [-0.1, -0.05) is 12.8 Å². The lowest BCUT2D eigenvalue weighted by atomic mass is 9.99. The zero-order valence-electron chi connectivity index (χ0n) is 6.12. The molecule has 0 aromatic carbocycles. The predicted molar refractivity (Wildman–Crippen MR) is 37.8 cm³/mol. The Morgan fingerprint density at radius 3 is 2.80 bits per heavy atom. The Bertz CT molecular complexity index is 124. The lowest BCUT2D eigenvalue weighted by molar-refractivity contribution is 0.139. The quantitative estimate of drug-likeness (QED) is 0.513. The molecule has 0 unspecified atom stereocenters. The molecule has 0 spiro atoms. The van der Waals surface area contributed by atoms with Crippen molar-refractivity contribution in [3.05, 3.63) is 0 Å². The van der Waals surface area contributed by atoms with Crippen molar-refractivity contribution in [3.63, 3.8) is 0 Å². The Morgan fingerprint density at radius 1 is 1.10 bits per heavy atom. The van der Waals surface area contributed by atoms with Gasteiger partial charge in [-0.05, 0) is 12.8 Å². The molecule has 10 heavy (non-hydrogen) atoms. The van der Waals surface area contributed by atoms with E-state index < -0.39 is 0 Å². The molecule has 1 N–H and O–H groups in total. The van der Waals surface area contributed by atoms with E-state index in [2.05, 4.69) is 0 Å². The number of rotatable bonds is 0. The monoisotopic (exact) mass is 142 g/mol. The van der Waals surface area contributed by atoms with Crippen molar-refractivity contribution in [1.82, 2.24) is 0 Å². The molecule has 2 aliphatic rings. The van der Waals surface area contributed by atoms with Gasteiger partial charge in [-0.15, -0.1) is 0 Å². The standard InChI is InChI=1S/C8H14O2/c9-6-3-1-2-4-7-8(5-6)10-7/h6-9H,1-5H2/t6-,7-,8+/m0/s1. The summed E-state index contributed by atoms with van der Waals surface area (Å²) >= 11 is 0. The Labute approximate surface area is 61.2 Å². The van der Waals surface area contributed by atoms with Crippen LogP contribution >= 0.6 is 0 Å². The summed E-state index contributed by atoms with van der Waals surface area (Å²) in [6.07, 6.45) is 6.32. The van der Waals surface area contributed by atoms with E-state index in [4.69, 9.17) is 4.74 Å². The van der Waals surface area contributed by atoms with E-state index in [1.54, 1.807) is 0 Å². The molecule has 0 bridgehead atoms. The van der Waals surface area contributed by atoms with Crippen molar-refractivity contribution in [2.75, 3.05) is 0 Å². The third-order valence-electron chi connectivity index (χ3n) is 2.47. The van der Waals surface area contributed by atoms with Crippen molar-refractivity contribution >= 4 is 0 Å². The minimum atomic E-state index is -0.0877. The molecule has 0 aromatic rings. The second-order valence-electron chi connectivity index (χ2n) is 3.39. The van der Waals surface area contributed by atoms with Gasteiger partial charge in [-0.2, -0.15) is 0 Å². The van der Waals surface area contributed by atoms with Crippen LogP contribution in [0.15, 0.2) is 0 Å². The minimum absolute atomic E-state index is 0.0877. The van der Waals surface area contributed by atoms with Gasteiger partial charge in [-0.25, -0.2) is 0 Å². The van der Waals surface area contributed by atoms with Crippen LogP contribution in [0.1, 0.15) is 32.1 Å². The summed E-state index contributed by atoms with van der Waals surface area (Å²) < 4.78 is 5.35. The van der Waals surface area contributed by atoms with Gasteiger partial charge in [0.15, 0.2) is 0 Å². The fourth-order valence-corrected chi connectivity index (χ4v) is 1.75. The molecule has 0 amide bonds. The summed E-state index contributed by atoms with van der Waals surface area (Å²) in [5, 5.41) is 9.33.